The van der Waals surface area contributed by atoms with Gasteiger partial charge in [-0.1, -0.05) is 0 Å². The van der Waals surface area contributed by atoms with Crippen molar-refractivity contribution >= 4 is 51.2 Å². The molecule has 0 spiro atoms. The van der Waals surface area contributed by atoms with Crippen LogP contribution in [-0.4, -0.2) is 43.8 Å². The predicted octanol–water partition coefficient (Wildman–Crippen LogP) is 7.89. The second kappa shape index (κ2) is 13.0. The molecule has 1 aliphatic rings. The van der Waals surface area contributed by atoms with Crippen LogP contribution in [-0.2, 0) is 49.6 Å². The van der Waals surface area contributed by atoms with Crippen molar-refractivity contribution in [3.8, 4) is 16.9 Å². The van der Waals surface area contributed by atoms with Gasteiger partial charge in [-0.05, 0) is 79.2 Å². The van der Waals surface area contributed by atoms with Gasteiger partial charge in [-0.15, -0.1) is 23.5 Å². The number of benzene rings is 3. The lowest BCUT2D eigenvalue weighted by Crippen LogP contribution is -2.11. The molecule has 0 saturated carbocycles. The fourth-order valence-corrected chi connectivity index (χ4v) is 8.71. The molecule has 0 fully saturated rings. The molecule has 4 heterocycles. The normalized spacial score (nSPS) is 14.1. The average Bonchev–Trinajstić information content (AvgIpc) is 3.66. The summed E-state index contributed by atoms with van der Waals surface area (Å²) in [4.78, 5) is 14.2. The average molecular weight is 688 g/mol. The molecule has 0 aliphatic carbocycles. The van der Waals surface area contributed by atoms with Crippen LogP contribution in [0.15, 0.2) is 53.4 Å². The van der Waals surface area contributed by atoms with Gasteiger partial charge in [0.1, 0.15) is 23.1 Å². The molecular formula is C36H35F2N5O3S2. The zero-order valence-corrected chi connectivity index (χ0v) is 29.0. The van der Waals surface area contributed by atoms with Gasteiger partial charge in [-0.2, -0.15) is 10.2 Å². The van der Waals surface area contributed by atoms with Gasteiger partial charge in [0, 0.05) is 70.9 Å². The third-order valence-electron chi connectivity index (χ3n) is 8.96. The van der Waals surface area contributed by atoms with Crippen molar-refractivity contribution in [3.05, 3.63) is 94.2 Å². The largest absolute Gasteiger partial charge is 0.493 e. The number of aryl methyl sites for hydroxylation is 5. The van der Waals surface area contributed by atoms with E-state index in [2.05, 4.69) is 6.07 Å². The minimum absolute atomic E-state index is 0.308. The van der Waals surface area contributed by atoms with Crippen LogP contribution in [0.25, 0.3) is 32.8 Å². The summed E-state index contributed by atoms with van der Waals surface area (Å²) in [5.74, 6) is 1.40. The second-order valence-corrected chi connectivity index (χ2v) is 14.0. The minimum atomic E-state index is -0.489. The van der Waals surface area contributed by atoms with Gasteiger partial charge < -0.3 is 14.0 Å². The van der Waals surface area contributed by atoms with Crippen LogP contribution < -0.4 is 4.74 Å². The van der Waals surface area contributed by atoms with Gasteiger partial charge in [0.2, 0.25) is 0 Å². The number of hydrogen-bond acceptors (Lipinski definition) is 7. The number of fused-ring (bicyclic) bond motifs is 8. The Morgan fingerprint density at radius 3 is 2.56 bits per heavy atom. The summed E-state index contributed by atoms with van der Waals surface area (Å²) >= 11 is 3.33. The molecule has 3 aromatic carbocycles. The fourth-order valence-electron chi connectivity index (χ4n) is 6.74. The number of rotatable bonds is 1. The van der Waals surface area contributed by atoms with Crippen molar-refractivity contribution in [2.75, 3.05) is 13.7 Å². The Kier molecular flexibility index (Phi) is 8.71. The summed E-state index contributed by atoms with van der Waals surface area (Å²) in [5, 5.41) is 11.8. The molecular weight excluding hydrogens is 653 g/mol. The van der Waals surface area contributed by atoms with Crippen molar-refractivity contribution in [3.63, 3.8) is 0 Å². The highest BCUT2D eigenvalue weighted by atomic mass is 32.2. The molecule has 48 heavy (non-hydrogen) atoms. The van der Waals surface area contributed by atoms with E-state index in [-0.39, 0.29) is 11.6 Å². The van der Waals surface area contributed by atoms with Gasteiger partial charge in [0.25, 0.3) is 0 Å². The maximum atomic E-state index is 16.1. The Bertz CT molecular complexity index is 2220. The van der Waals surface area contributed by atoms with E-state index in [1.54, 1.807) is 47.3 Å². The highest BCUT2D eigenvalue weighted by molar-refractivity contribution is 7.98. The lowest BCUT2D eigenvalue weighted by atomic mass is 9.98. The van der Waals surface area contributed by atoms with E-state index in [9.17, 15) is 9.18 Å². The first-order valence-electron chi connectivity index (χ1n) is 15.6. The number of carbonyl (C=O) groups excluding carboxylic acids is 1. The first-order chi connectivity index (χ1) is 23.1. The predicted molar refractivity (Wildman–Crippen MR) is 187 cm³/mol. The topological polar surface area (TPSA) is 76.1 Å². The third kappa shape index (κ3) is 5.74. The van der Waals surface area contributed by atoms with Crippen LogP contribution in [0, 0.1) is 18.6 Å². The summed E-state index contributed by atoms with van der Waals surface area (Å²) in [6, 6.07) is 14.0. The lowest BCUT2D eigenvalue weighted by molar-refractivity contribution is 0.0589. The van der Waals surface area contributed by atoms with E-state index in [1.807, 2.05) is 42.5 Å². The van der Waals surface area contributed by atoms with E-state index in [0.717, 1.165) is 49.3 Å². The standard InChI is InChI=1S/C36H35F2N5O3S2/c1-20-32-30(43(4)39-20)19-47-17-23-15-24(42(3)40-23)18-48-25-14-21-13-22(37)8-9-26(21)31(16-25)46-12-6-7-27-28-10-11-29(38)33(32)34(28)41(2)35(27)36(44)45-5/h8-11,13-16H,6-7,12,17-19H2,1-5H3. The van der Waals surface area contributed by atoms with E-state index >= 15 is 4.39 Å². The zero-order valence-electron chi connectivity index (χ0n) is 27.4. The van der Waals surface area contributed by atoms with Crippen LogP contribution in [0.4, 0.5) is 8.78 Å². The molecule has 8 nitrogen and oxygen atoms in total. The molecule has 0 atom stereocenters. The summed E-state index contributed by atoms with van der Waals surface area (Å²) in [7, 11) is 6.96. The molecule has 3 aromatic heterocycles. The molecule has 0 amide bonds. The Hall–Kier alpha value is -4.29. The molecule has 0 radical (unpaired) electrons. The first kappa shape index (κ1) is 32.3. The number of carbonyl (C=O) groups is 1. The molecule has 7 rings (SSSR count). The van der Waals surface area contributed by atoms with Crippen LogP contribution in [0.2, 0.25) is 0 Å². The number of methoxy groups -OCH3 is 1. The molecule has 8 bridgehead atoms. The van der Waals surface area contributed by atoms with Gasteiger partial charge >= 0.3 is 5.97 Å². The second-order valence-electron chi connectivity index (χ2n) is 12.0. The minimum Gasteiger partial charge on any atom is -0.493 e. The summed E-state index contributed by atoms with van der Waals surface area (Å²) < 4.78 is 47.4. The zero-order chi connectivity index (χ0) is 33.7. The van der Waals surface area contributed by atoms with Crippen molar-refractivity contribution < 1.29 is 23.0 Å². The SMILES string of the molecule is COC(=O)c1c2c3ccc(F)c(c3n1C)-c1c(C)nn(C)c1CSCc1cc(n(C)n1)CSc1cc(c3ccc(F)cc3c1)OCCC2. The first-order valence-corrected chi connectivity index (χ1v) is 17.8. The van der Waals surface area contributed by atoms with E-state index in [4.69, 9.17) is 19.7 Å². The molecule has 6 aromatic rings. The fraction of sp³-hybridized carbons (Fsp3) is 0.306. The van der Waals surface area contributed by atoms with Crippen molar-refractivity contribution in [1.29, 1.82) is 0 Å². The highest BCUT2D eigenvalue weighted by Crippen LogP contribution is 2.41. The Morgan fingerprint density at radius 2 is 1.75 bits per heavy atom. The summed E-state index contributed by atoms with van der Waals surface area (Å²) in [6.45, 7) is 2.24. The van der Waals surface area contributed by atoms with Crippen molar-refractivity contribution in [1.82, 2.24) is 24.1 Å². The maximum Gasteiger partial charge on any atom is 0.354 e. The van der Waals surface area contributed by atoms with E-state index in [1.165, 1.54) is 25.3 Å². The molecule has 12 heteroatoms. The Morgan fingerprint density at radius 1 is 0.938 bits per heavy atom. The molecule has 0 saturated heterocycles. The molecule has 0 unspecified atom stereocenters. The number of thioether (sulfide) groups is 2. The van der Waals surface area contributed by atoms with Crippen molar-refractivity contribution in [2.45, 2.75) is 41.9 Å². The Balaban J connectivity index is 1.37. The number of ether oxygens (including phenoxy) is 2. The monoisotopic (exact) mass is 687 g/mol. The molecule has 1 aliphatic heterocycles. The number of esters is 1. The number of halogens is 2. The highest BCUT2D eigenvalue weighted by Gasteiger charge is 2.28. The molecule has 0 N–H and O–H groups in total. The van der Waals surface area contributed by atoms with E-state index in [0.29, 0.717) is 64.9 Å². The lowest BCUT2D eigenvalue weighted by Gasteiger charge is -2.13. The van der Waals surface area contributed by atoms with Crippen LogP contribution in [0.1, 0.15) is 45.2 Å². The van der Waals surface area contributed by atoms with Crippen LogP contribution in [0.5, 0.6) is 5.75 Å². The van der Waals surface area contributed by atoms with Gasteiger partial charge in [-0.25, -0.2) is 13.6 Å². The third-order valence-corrected chi connectivity index (χ3v) is 10.9. The van der Waals surface area contributed by atoms with E-state index < -0.39 is 5.97 Å². The van der Waals surface area contributed by atoms with Crippen molar-refractivity contribution in [2.24, 2.45) is 21.1 Å². The Labute approximate surface area is 285 Å². The molecule has 248 valence electrons. The van der Waals surface area contributed by atoms with Gasteiger partial charge in [-0.3, -0.25) is 9.36 Å². The number of hydrogen-bond donors (Lipinski definition) is 0. The van der Waals surface area contributed by atoms with Crippen LogP contribution >= 0.6 is 23.5 Å². The van der Waals surface area contributed by atoms with Crippen LogP contribution in [0.3, 0.4) is 0 Å². The maximum absolute atomic E-state index is 16.1. The van der Waals surface area contributed by atoms with Gasteiger partial charge in [0.15, 0.2) is 0 Å². The van der Waals surface area contributed by atoms with Gasteiger partial charge in [0.05, 0.1) is 36.3 Å². The summed E-state index contributed by atoms with van der Waals surface area (Å²) in [6.07, 6.45) is 1.06. The quantitative estimate of drug-likeness (QED) is 0.163. The number of aromatic nitrogens is 5. The smallest absolute Gasteiger partial charge is 0.354 e. The number of nitrogens with zero attached hydrogens (tertiary/aromatic N) is 5. The summed E-state index contributed by atoms with van der Waals surface area (Å²) in [5.41, 5.74) is 6.52.